The van der Waals surface area contributed by atoms with Crippen LogP contribution in [0.3, 0.4) is 0 Å². The molecule has 0 radical (unpaired) electrons. The van der Waals surface area contributed by atoms with Crippen molar-refractivity contribution in [2.24, 2.45) is 5.73 Å². The summed E-state index contributed by atoms with van der Waals surface area (Å²) in [5, 5.41) is 6.05. The van der Waals surface area contributed by atoms with Gasteiger partial charge in [-0.2, -0.15) is 0 Å². The average Bonchev–Trinajstić information content (AvgIpc) is 2.85. The summed E-state index contributed by atoms with van der Waals surface area (Å²) in [7, 11) is 0. The summed E-state index contributed by atoms with van der Waals surface area (Å²) in [5.41, 5.74) is 8.03. The first kappa shape index (κ1) is 18.5. The Kier molecular flexibility index (Phi) is 6.00. The normalized spacial score (nSPS) is 14.4. The van der Waals surface area contributed by atoms with E-state index in [0.29, 0.717) is 25.4 Å². The second-order valence-electron chi connectivity index (χ2n) is 6.17. The van der Waals surface area contributed by atoms with Gasteiger partial charge < -0.3 is 25.8 Å². The summed E-state index contributed by atoms with van der Waals surface area (Å²) in [5.74, 6) is 1.56. The highest BCUT2D eigenvalue weighted by Gasteiger charge is 2.15. The van der Waals surface area contributed by atoms with Gasteiger partial charge in [0.25, 0.3) is 0 Å². The summed E-state index contributed by atoms with van der Waals surface area (Å²) in [6, 6.07) is 11.2. The molecule has 138 valence electrons. The number of nitrogens with two attached hydrogens (primary N) is 1. The fourth-order valence-electron chi connectivity index (χ4n) is 2.77. The molecule has 0 spiro atoms. The topological polar surface area (TPSA) is 85.6 Å². The summed E-state index contributed by atoms with van der Waals surface area (Å²) in [6.07, 6.45) is 0.881. The molecule has 0 saturated carbocycles. The molecule has 26 heavy (non-hydrogen) atoms. The van der Waals surface area contributed by atoms with Crippen LogP contribution in [0.4, 0.5) is 10.5 Å². The van der Waals surface area contributed by atoms with Gasteiger partial charge in [0.1, 0.15) is 0 Å². The summed E-state index contributed by atoms with van der Waals surface area (Å²) < 4.78 is 12.4. The molecule has 0 aromatic heterocycles. The highest BCUT2D eigenvalue weighted by molar-refractivity contribution is 9.10. The Balaban J connectivity index is 1.64. The second kappa shape index (κ2) is 8.42. The van der Waals surface area contributed by atoms with Crippen molar-refractivity contribution in [3.8, 4) is 11.5 Å². The highest BCUT2D eigenvalue weighted by atomic mass is 79.9. The van der Waals surface area contributed by atoms with Gasteiger partial charge in [-0.1, -0.05) is 12.1 Å². The predicted octanol–water partition coefficient (Wildman–Crippen LogP) is 3.95. The van der Waals surface area contributed by atoms with E-state index in [-0.39, 0.29) is 6.04 Å². The molecule has 0 bridgehead atoms. The van der Waals surface area contributed by atoms with Crippen LogP contribution in [0.15, 0.2) is 40.9 Å². The van der Waals surface area contributed by atoms with Gasteiger partial charge in [-0.15, -0.1) is 0 Å². The smallest absolute Gasteiger partial charge is 0.316 e. The maximum absolute atomic E-state index is 10.9. The minimum absolute atomic E-state index is 0.146. The number of fused-ring (bicyclic) bond motifs is 1. The first-order chi connectivity index (χ1) is 12.5. The number of carbonyl (C=O) groups excluding carboxylic acids is 1. The lowest BCUT2D eigenvalue weighted by Gasteiger charge is -2.16. The van der Waals surface area contributed by atoms with Crippen molar-refractivity contribution in [2.75, 3.05) is 18.5 Å². The molecule has 0 saturated heterocycles. The Labute approximate surface area is 161 Å². The number of hydrogen-bond donors (Lipinski definition) is 3. The Bertz CT molecular complexity index is 780. The number of nitrogens with one attached hydrogen (secondary N) is 2. The first-order valence-corrected chi connectivity index (χ1v) is 9.30. The predicted molar refractivity (Wildman–Crippen MR) is 105 cm³/mol. The van der Waals surface area contributed by atoms with Gasteiger partial charge in [0, 0.05) is 24.7 Å². The van der Waals surface area contributed by atoms with Crippen molar-refractivity contribution in [3.05, 3.63) is 52.0 Å². The van der Waals surface area contributed by atoms with E-state index >= 15 is 0 Å². The molecular formula is C19H22BrN3O3. The van der Waals surface area contributed by atoms with Gasteiger partial charge in [0.2, 0.25) is 0 Å². The molecule has 6 nitrogen and oxygen atoms in total. The Morgan fingerprint density at radius 1 is 1.23 bits per heavy atom. The zero-order chi connectivity index (χ0) is 18.5. The van der Waals surface area contributed by atoms with Crippen LogP contribution >= 0.6 is 15.9 Å². The molecule has 1 atom stereocenters. The fraction of sp³-hybridized carbons (Fsp3) is 0.316. The summed E-state index contributed by atoms with van der Waals surface area (Å²) in [6.45, 7) is 4.12. The minimum Gasteiger partial charge on any atom is -0.490 e. The van der Waals surface area contributed by atoms with Crippen molar-refractivity contribution in [2.45, 2.75) is 25.9 Å². The number of anilines is 1. The zero-order valence-corrected chi connectivity index (χ0v) is 16.1. The molecule has 1 heterocycles. The zero-order valence-electron chi connectivity index (χ0n) is 14.5. The van der Waals surface area contributed by atoms with Crippen LogP contribution in [-0.2, 0) is 6.54 Å². The maximum atomic E-state index is 10.9. The second-order valence-corrected chi connectivity index (χ2v) is 7.02. The van der Waals surface area contributed by atoms with E-state index < -0.39 is 6.03 Å². The molecule has 1 aliphatic rings. The van der Waals surface area contributed by atoms with E-state index in [1.54, 1.807) is 0 Å². The lowest BCUT2D eigenvalue weighted by Crippen LogP contribution is -2.20. The van der Waals surface area contributed by atoms with E-state index in [1.165, 1.54) is 0 Å². The number of halogens is 1. The largest absolute Gasteiger partial charge is 0.490 e. The van der Waals surface area contributed by atoms with Gasteiger partial charge in [-0.25, -0.2) is 4.79 Å². The third kappa shape index (κ3) is 4.68. The Hall–Kier alpha value is -2.25. The molecule has 4 N–H and O–H groups in total. The maximum Gasteiger partial charge on any atom is 0.316 e. The minimum atomic E-state index is -0.566. The van der Waals surface area contributed by atoms with E-state index in [2.05, 4.69) is 33.5 Å². The number of rotatable bonds is 5. The average molecular weight is 420 g/mol. The number of carbonyl (C=O) groups is 1. The molecule has 3 rings (SSSR count). The highest BCUT2D eigenvalue weighted by Crippen LogP contribution is 2.38. The van der Waals surface area contributed by atoms with Gasteiger partial charge >= 0.3 is 6.03 Å². The number of hydrogen-bond acceptors (Lipinski definition) is 4. The summed E-state index contributed by atoms with van der Waals surface area (Å²) in [4.78, 5) is 10.9. The van der Waals surface area contributed by atoms with E-state index in [1.807, 2.05) is 36.4 Å². The number of amides is 2. The number of ether oxygens (including phenoxy) is 2. The van der Waals surface area contributed by atoms with Crippen molar-refractivity contribution in [3.63, 3.8) is 0 Å². The monoisotopic (exact) mass is 419 g/mol. The van der Waals surface area contributed by atoms with Crippen LogP contribution in [0, 0.1) is 0 Å². The lowest BCUT2D eigenvalue weighted by atomic mass is 10.1. The van der Waals surface area contributed by atoms with Gasteiger partial charge in [0.15, 0.2) is 11.5 Å². The van der Waals surface area contributed by atoms with Gasteiger partial charge in [-0.3, -0.25) is 0 Å². The molecule has 2 aromatic carbocycles. The van der Waals surface area contributed by atoms with Crippen molar-refractivity contribution >= 4 is 27.6 Å². The molecule has 7 heteroatoms. The van der Waals surface area contributed by atoms with Gasteiger partial charge in [-0.05, 0) is 58.2 Å². The Morgan fingerprint density at radius 3 is 2.69 bits per heavy atom. The molecule has 0 aliphatic carbocycles. The summed E-state index contributed by atoms with van der Waals surface area (Å²) >= 11 is 3.57. The third-order valence-corrected chi connectivity index (χ3v) is 4.74. The lowest BCUT2D eigenvalue weighted by molar-refractivity contribution is 0.259. The molecular weight excluding hydrogens is 398 g/mol. The SMILES string of the molecule is CC(NCc1cc(Br)c2c(c1)OCCCO2)c1ccc(NC(N)=O)cc1. The van der Waals surface area contributed by atoms with Crippen LogP contribution in [0.2, 0.25) is 0 Å². The van der Waals surface area contributed by atoms with E-state index in [4.69, 9.17) is 15.2 Å². The molecule has 1 aliphatic heterocycles. The van der Waals surface area contributed by atoms with Crippen LogP contribution in [0.1, 0.15) is 30.5 Å². The van der Waals surface area contributed by atoms with Crippen molar-refractivity contribution in [1.82, 2.24) is 5.32 Å². The number of urea groups is 1. The fourth-order valence-corrected chi connectivity index (χ4v) is 3.38. The number of benzene rings is 2. The molecule has 2 aromatic rings. The van der Waals surface area contributed by atoms with Crippen LogP contribution in [0.5, 0.6) is 11.5 Å². The molecule has 0 fully saturated rings. The van der Waals surface area contributed by atoms with Crippen LogP contribution in [0.25, 0.3) is 0 Å². The van der Waals surface area contributed by atoms with Crippen molar-refractivity contribution < 1.29 is 14.3 Å². The van der Waals surface area contributed by atoms with E-state index in [0.717, 1.165) is 33.5 Å². The first-order valence-electron chi connectivity index (χ1n) is 8.51. The number of primary amides is 1. The van der Waals surface area contributed by atoms with Crippen molar-refractivity contribution in [1.29, 1.82) is 0 Å². The third-order valence-electron chi connectivity index (χ3n) is 4.15. The standard InChI is InChI=1S/C19H22BrN3O3/c1-12(14-3-5-15(6-4-14)23-19(21)24)22-11-13-9-16(20)18-17(10-13)25-7-2-8-26-18/h3-6,9-10,12,22H,2,7-8,11H2,1H3,(H3,21,23,24). The Morgan fingerprint density at radius 2 is 1.96 bits per heavy atom. The van der Waals surface area contributed by atoms with Gasteiger partial charge in [0.05, 0.1) is 17.7 Å². The molecule has 1 unspecified atom stereocenters. The van der Waals surface area contributed by atoms with E-state index in [9.17, 15) is 4.79 Å². The quantitative estimate of drug-likeness (QED) is 0.684. The van der Waals surface area contributed by atoms with Crippen LogP contribution < -0.4 is 25.8 Å². The molecule has 2 amide bonds. The van der Waals surface area contributed by atoms with Crippen LogP contribution in [-0.4, -0.2) is 19.2 Å².